The number of carbonyl (C=O) groups excluding carboxylic acids is 2. The molecule has 9 heteroatoms. The van der Waals surface area contributed by atoms with E-state index in [0.717, 1.165) is 37.5 Å². The Hall–Kier alpha value is -3.98. The maximum Gasteiger partial charge on any atom is 0.253 e. The number of nitrogen functional groups attached to an aromatic ring is 1. The van der Waals surface area contributed by atoms with E-state index in [0.29, 0.717) is 24.2 Å². The van der Waals surface area contributed by atoms with Crippen molar-refractivity contribution < 1.29 is 18.4 Å². The Morgan fingerprint density at radius 1 is 1.08 bits per heavy atom. The molecule has 6 nitrogen and oxygen atoms in total. The minimum Gasteiger partial charge on any atom is -0.384 e. The molecule has 39 heavy (non-hydrogen) atoms. The number of rotatable bonds is 7. The number of allylic oxidation sites excluding steroid dienone is 1. The summed E-state index contributed by atoms with van der Waals surface area (Å²) in [6, 6.07) is 14.8. The largest absolute Gasteiger partial charge is 0.384 e. The van der Waals surface area contributed by atoms with Crippen LogP contribution in [0.3, 0.4) is 0 Å². The van der Waals surface area contributed by atoms with Crippen LogP contribution >= 0.6 is 11.3 Å². The summed E-state index contributed by atoms with van der Waals surface area (Å²) in [5.41, 5.74) is 10.8. The van der Waals surface area contributed by atoms with E-state index in [2.05, 4.69) is 11.1 Å². The van der Waals surface area contributed by atoms with Crippen molar-refractivity contribution in [2.24, 2.45) is 0 Å². The Morgan fingerprint density at radius 3 is 2.51 bits per heavy atom. The van der Waals surface area contributed by atoms with Crippen molar-refractivity contribution in [3.8, 4) is 11.1 Å². The van der Waals surface area contributed by atoms with Gasteiger partial charge in [0, 0.05) is 50.5 Å². The average molecular weight is 547 g/mol. The lowest BCUT2D eigenvalue weighted by Crippen LogP contribution is -2.42. The highest BCUT2D eigenvalue weighted by Gasteiger charge is 2.35. The molecule has 0 aliphatic carbocycles. The topological polar surface area (TPSA) is 89.2 Å². The van der Waals surface area contributed by atoms with Crippen molar-refractivity contribution in [2.75, 3.05) is 18.8 Å². The standard InChI is InChI=1S/C30H28F2N4O2S/c1-19-16-23(21-4-6-22(7-5-21)29(38)36-14-12-30(31,32)13-15-36)17-25-28(19)39-27(35-25)11-9-24(37)8-2-20-3-10-26(33)34-18-20/h2-8,10,16-18H,9,11-15H2,1H3,(H2,33,34)/b8-2+. The molecule has 4 aromatic rings. The number of ketones is 1. The number of amides is 1. The molecule has 1 fully saturated rings. The number of halogens is 2. The van der Waals surface area contributed by atoms with Crippen LogP contribution in [0.4, 0.5) is 14.6 Å². The van der Waals surface area contributed by atoms with Gasteiger partial charge in [0.2, 0.25) is 0 Å². The number of likely N-dealkylation sites (tertiary alicyclic amines) is 1. The molecule has 0 radical (unpaired) electrons. The van der Waals surface area contributed by atoms with Crippen LogP contribution in [-0.4, -0.2) is 45.6 Å². The minimum absolute atomic E-state index is 0.0106. The zero-order valence-electron chi connectivity index (χ0n) is 21.5. The Labute approximate surface area is 229 Å². The first-order valence-electron chi connectivity index (χ1n) is 12.8. The highest BCUT2D eigenvalue weighted by molar-refractivity contribution is 7.18. The third-order valence-electron chi connectivity index (χ3n) is 6.82. The normalized spacial score (nSPS) is 15.2. The summed E-state index contributed by atoms with van der Waals surface area (Å²) in [4.78, 5) is 35.4. The number of aromatic nitrogens is 2. The number of nitrogens with zero attached hydrogens (tertiary/aromatic N) is 3. The van der Waals surface area contributed by atoms with Gasteiger partial charge in [-0.3, -0.25) is 9.59 Å². The molecule has 0 spiro atoms. The van der Waals surface area contributed by atoms with E-state index < -0.39 is 5.92 Å². The lowest BCUT2D eigenvalue weighted by Gasteiger charge is -2.31. The minimum atomic E-state index is -2.69. The number of anilines is 1. The van der Waals surface area contributed by atoms with E-state index in [9.17, 15) is 18.4 Å². The first kappa shape index (κ1) is 26.6. The van der Waals surface area contributed by atoms with Gasteiger partial charge in [0.25, 0.3) is 11.8 Å². The monoisotopic (exact) mass is 546 g/mol. The van der Waals surface area contributed by atoms with E-state index in [1.807, 2.05) is 31.2 Å². The van der Waals surface area contributed by atoms with E-state index in [1.165, 1.54) is 4.90 Å². The van der Waals surface area contributed by atoms with Crippen LogP contribution in [-0.2, 0) is 11.2 Å². The number of pyridine rings is 1. The number of hydrogen-bond donors (Lipinski definition) is 1. The molecular formula is C30H28F2N4O2S. The van der Waals surface area contributed by atoms with Crippen LogP contribution in [0.5, 0.6) is 0 Å². The SMILES string of the molecule is Cc1cc(-c2ccc(C(=O)N3CCC(F)(F)CC3)cc2)cc2nc(CCC(=O)/C=C/c3ccc(N)nc3)sc12. The molecular weight excluding hydrogens is 518 g/mol. The van der Waals surface area contributed by atoms with Gasteiger partial charge in [0.15, 0.2) is 5.78 Å². The van der Waals surface area contributed by atoms with Crippen LogP contribution in [0.1, 0.15) is 45.8 Å². The maximum atomic E-state index is 13.4. The molecule has 2 aromatic heterocycles. The molecule has 0 unspecified atom stereocenters. The highest BCUT2D eigenvalue weighted by atomic mass is 32.1. The quantitative estimate of drug-likeness (QED) is 0.274. The van der Waals surface area contributed by atoms with E-state index in [1.54, 1.807) is 47.9 Å². The Bertz CT molecular complexity index is 1540. The molecule has 5 rings (SSSR count). The number of hydrogen-bond acceptors (Lipinski definition) is 6. The zero-order valence-corrected chi connectivity index (χ0v) is 22.3. The summed E-state index contributed by atoms with van der Waals surface area (Å²) in [7, 11) is 0. The number of nitrogens with two attached hydrogens (primary N) is 1. The number of thiazole rings is 1. The fourth-order valence-corrected chi connectivity index (χ4v) is 5.58. The first-order valence-corrected chi connectivity index (χ1v) is 13.6. The Morgan fingerprint density at radius 2 is 1.82 bits per heavy atom. The van der Waals surface area contributed by atoms with E-state index in [-0.39, 0.29) is 37.6 Å². The summed E-state index contributed by atoms with van der Waals surface area (Å²) in [5.74, 6) is -2.46. The van der Waals surface area contributed by atoms with Gasteiger partial charge in [0.1, 0.15) is 5.82 Å². The molecule has 1 aliphatic heterocycles. The lowest BCUT2D eigenvalue weighted by atomic mass is 10.0. The number of alkyl halides is 2. The van der Waals surface area contributed by atoms with Crippen LogP contribution in [0.25, 0.3) is 27.4 Å². The van der Waals surface area contributed by atoms with Crippen LogP contribution in [0, 0.1) is 6.92 Å². The number of aryl methyl sites for hydroxylation is 2. The van der Waals surface area contributed by atoms with Crippen molar-refractivity contribution >= 4 is 45.1 Å². The summed E-state index contributed by atoms with van der Waals surface area (Å²) in [6.07, 6.45) is 5.23. The number of piperidine rings is 1. The smallest absolute Gasteiger partial charge is 0.253 e. The summed E-state index contributed by atoms with van der Waals surface area (Å²) in [5, 5.41) is 0.897. The van der Waals surface area contributed by atoms with Crippen molar-refractivity contribution in [1.82, 2.24) is 14.9 Å². The van der Waals surface area contributed by atoms with Gasteiger partial charge in [0.05, 0.1) is 15.2 Å². The molecule has 1 amide bonds. The zero-order chi connectivity index (χ0) is 27.6. The van der Waals surface area contributed by atoms with Gasteiger partial charge in [-0.15, -0.1) is 11.3 Å². The molecule has 0 saturated carbocycles. The third-order valence-corrected chi connectivity index (χ3v) is 8.09. The number of benzene rings is 2. The summed E-state index contributed by atoms with van der Waals surface area (Å²) < 4.78 is 28.0. The number of fused-ring (bicyclic) bond motifs is 1. The molecule has 2 aromatic carbocycles. The molecule has 1 aliphatic rings. The molecule has 0 atom stereocenters. The second kappa shape index (κ2) is 11.0. The lowest BCUT2D eigenvalue weighted by molar-refractivity contribution is -0.114. The Kier molecular flexibility index (Phi) is 7.52. The Balaban J connectivity index is 1.24. The van der Waals surface area contributed by atoms with E-state index >= 15 is 0 Å². The maximum absolute atomic E-state index is 13.4. The summed E-state index contributed by atoms with van der Waals surface area (Å²) >= 11 is 1.59. The summed E-state index contributed by atoms with van der Waals surface area (Å²) in [6.45, 7) is 2.17. The molecule has 200 valence electrons. The predicted molar refractivity (Wildman–Crippen MR) is 151 cm³/mol. The predicted octanol–water partition coefficient (Wildman–Crippen LogP) is 6.34. The van der Waals surface area contributed by atoms with Crippen molar-refractivity contribution in [3.63, 3.8) is 0 Å². The molecule has 3 heterocycles. The second-order valence-electron chi connectivity index (χ2n) is 9.79. The van der Waals surface area contributed by atoms with Gasteiger partial charge < -0.3 is 10.6 Å². The van der Waals surface area contributed by atoms with Gasteiger partial charge >= 0.3 is 0 Å². The van der Waals surface area contributed by atoms with Crippen molar-refractivity contribution in [3.05, 3.63) is 82.5 Å². The van der Waals surface area contributed by atoms with Gasteiger partial charge in [-0.05, 0) is 77.7 Å². The molecule has 1 saturated heterocycles. The average Bonchev–Trinajstić information content (AvgIpc) is 3.35. The molecule has 2 N–H and O–H groups in total. The van der Waals surface area contributed by atoms with Crippen LogP contribution < -0.4 is 5.73 Å². The fraction of sp³-hybridized carbons (Fsp3) is 0.267. The third kappa shape index (κ3) is 6.37. The first-order chi connectivity index (χ1) is 18.7. The highest BCUT2D eigenvalue weighted by Crippen LogP contribution is 2.32. The van der Waals surface area contributed by atoms with Crippen LogP contribution in [0.2, 0.25) is 0 Å². The van der Waals surface area contributed by atoms with Gasteiger partial charge in [-0.1, -0.05) is 12.1 Å². The van der Waals surface area contributed by atoms with Crippen molar-refractivity contribution in [2.45, 2.75) is 38.5 Å². The fourth-order valence-electron chi connectivity index (χ4n) is 4.56. The van der Waals surface area contributed by atoms with Gasteiger partial charge in [-0.25, -0.2) is 18.7 Å². The van der Waals surface area contributed by atoms with Gasteiger partial charge in [-0.2, -0.15) is 0 Å². The second-order valence-corrected chi connectivity index (χ2v) is 10.9. The van der Waals surface area contributed by atoms with E-state index in [4.69, 9.17) is 10.7 Å². The number of carbonyl (C=O) groups is 2. The van der Waals surface area contributed by atoms with Crippen LogP contribution in [0.15, 0.2) is 60.8 Å². The molecule has 0 bridgehead atoms. The van der Waals surface area contributed by atoms with Crippen molar-refractivity contribution in [1.29, 1.82) is 0 Å².